The van der Waals surface area contributed by atoms with E-state index < -0.39 is 0 Å². The zero-order valence-corrected chi connectivity index (χ0v) is 14.1. The summed E-state index contributed by atoms with van der Waals surface area (Å²) in [6, 6.07) is 0.868. The molecule has 3 heterocycles. The van der Waals surface area contributed by atoms with Gasteiger partial charge in [-0.05, 0) is 71.9 Å². The molecule has 21 heavy (non-hydrogen) atoms. The van der Waals surface area contributed by atoms with E-state index in [1.54, 1.807) is 0 Å². The average Bonchev–Trinajstić information content (AvgIpc) is 2.51. The molecular formula is C17H34N4. The smallest absolute Gasteiger partial charge is 0.0121 e. The molecule has 0 radical (unpaired) electrons. The predicted octanol–water partition coefficient (Wildman–Crippen LogP) is 1.04. The molecule has 3 fully saturated rings. The van der Waals surface area contributed by atoms with Crippen LogP contribution in [0.25, 0.3) is 0 Å². The van der Waals surface area contributed by atoms with Crippen LogP contribution in [0.3, 0.4) is 0 Å². The van der Waals surface area contributed by atoms with Gasteiger partial charge < -0.3 is 14.7 Å². The minimum atomic E-state index is 0.868. The summed E-state index contributed by atoms with van der Waals surface area (Å²) >= 11 is 0. The van der Waals surface area contributed by atoms with Crippen LogP contribution in [0.4, 0.5) is 0 Å². The summed E-state index contributed by atoms with van der Waals surface area (Å²) in [6.45, 7) is 11.7. The first-order valence-corrected chi connectivity index (χ1v) is 9.04. The molecule has 0 amide bonds. The van der Waals surface area contributed by atoms with Crippen LogP contribution >= 0.6 is 0 Å². The molecule has 0 unspecified atom stereocenters. The third-order valence-electron chi connectivity index (χ3n) is 5.97. The van der Waals surface area contributed by atoms with Gasteiger partial charge in [0.25, 0.3) is 0 Å². The van der Waals surface area contributed by atoms with E-state index in [4.69, 9.17) is 0 Å². The van der Waals surface area contributed by atoms with E-state index in [2.05, 4.69) is 33.7 Å². The number of piperazine rings is 1. The highest BCUT2D eigenvalue weighted by Crippen LogP contribution is 2.22. The lowest BCUT2D eigenvalue weighted by atomic mass is 9.94. The van der Waals surface area contributed by atoms with Gasteiger partial charge in [0.1, 0.15) is 0 Å². The van der Waals surface area contributed by atoms with Crippen molar-refractivity contribution in [3.8, 4) is 0 Å². The molecule has 0 aromatic rings. The monoisotopic (exact) mass is 294 g/mol. The minimum Gasteiger partial charge on any atom is -0.306 e. The summed E-state index contributed by atoms with van der Waals surface area (Å²) in [5, 5.41) is 0. The average molecular weight is 294 g/mol. The molecule has 0 spiro atoms. The summed E-state index contributed by atoms with van der Waals surface area (Å²) in [5.41, 5.74) is 0. The Morgan fingerprint density at radius 2 is 1.24 bits per heavy atom. The molecule has 0 N–H and O–H groups in total. The maximum Gasteiger partial charge on any atom is 0.0121 e. The van der Waals surface area contributed by atoms with Crippen LogP contribution in [0.2, 0.25) is 0 Å². The molecule has 4 heteroatoms. The minimum absolute atomic E-state index is 0.868. The van der Waals surface area contributed by atoms with E-state index in [-0.39, 0.29) is 0 Å². The van der Waals surface area contributed by atoms with E-state index in [1.165, 1.54) is 84.6 Å². The summed E-state index contributed by atoms with van der Waals surface area (Å²) in [7, 11) is 4.51. The quantitative estimate of drug-likeness (QED) is 0.771. The Labute approximate surface area is 131 Å². The van der Waals surface area contributed by atoms with Gasteiger partial charge >= 0.3 is 0 Å². The second kappa shape index (κ2) is 7.40. The number of piperidine rings is 2. The van der Waals surface area contributed by atoms with Gasteiger partial charge in [-0.2, -0.15) is 0 Å². The van der Waals surface area contributed by atoms with Gasteiger partial charge in [-0.1, -0.05) is 0 Å². The Morgan fingerprint density at radius 3 is 1.86 bits per heavy atom. The van der Waals surface area contributed by atoms with Crippen LogP contribution in [-0.2, 0) is 0 Å². The van der Waals surface area contributed by atoms with E-state index in [0.717, 1.165) is 12.0 Å². The van der Waals surface area contributed by atoms with Gasteiger partial charge in [-0.25, -0.2) is 0 Å². The van der Waals surface area contributed by atoms with Crippen LogP contribution in [0.1, 0.15) is 25.7 Å². The van der Waals surface area contributed by atoms with Crippen molar-refractivity contribution in [1.82, 2.24) is 19.6 Å². The molecule has 0 aromatic heterocycles. The van der Waals surface area contributed by atoms with Gasteiger partial charge in [0.05, 0.1) is 0 Å². The highest BCUT2D eigenvalue weighted by molar-refractivity contribution is 4.84. The van der Waals surface area contributed by atoms with Crippen LogP contribution in [0.15, 0.2) is 0 Å². The first kappa shape index (κ1) is 15.7. The zero-order chi connectivity index (χ0) is 14.7. The largest absolute Gasteiger partial charge is 0.306 e. The first-order chi connectivity index (χ1) is 10.2. The lowest BCUT2D eigenvalue weighted by Crippen LogP contribution is -2.52. The summed E-state index contributed by atoms with van der Waals surface area (Å²) < 4.78 is 0. The number of hydrogen-bond donors (Lipinski definition) is 0. The number of hydrogen-bond acceptors (Lipinski definition) is 4. The van der Waals surface area contributed by atoms with Crippen molar-refractivity contribution in [1.29, 1.82) is 0 Å². The van der Waals surface area contributed by atoms with Crippen molar-refractivity contribution in [2.75, 3.05) is 73.0 Å². The molecule has 0 aliphatic carbocycles. The van der Waals surface area contributed by atoms with Crippen LogP contribution in [0, 0.1) is 5.92 Å². The maximum atomic E-state index is 2.76. The summed E-state index contributed by atoms with van der Waals surface area (Å²) in [5.74, 6) is 0.960. The maximum absolute atomic E-state index is 2.76. The molecule has 3 saturated heterocycles. The molecular weight excluding hydrogens is 260 g/mol. The number of likely N-dealkylation sites (tertiary alicyclic amines) is 2. The summed E-state index contributed by atoms with van der Waals surface area (Å²) in [4.78, 5) is 10.5. The van der Waals surface area contributed by atoms with Crippen molar-refractivity contribution in [3.05, 3.63) is 0 Å². The molecule has 0 saturated carbocycles. The topological polar surface area (TPSA) is 13.0 Å². The zero-order valence-electron chi connectivity index (χ0n) is 14.1. The Morgan fingerprint density at radius 1 is 0.667 bits per heavy atom. The van der Waals surface area contributed by atoms with Gasteiger partial charge in [-0.3, -0.25) is 4.90 Å². The third kappa shape index (κ3) is 4.41. The lowest BCUT2D eigenvalue weighted by Gasteiger charge is -2.43. The standard InChI is InChI=1S/C17H34N4/c1-18-7-3-16(4-8-18)15-20-9-5-17(6-10-20)21-13-11-19(2)12-14-21/h16-17H,3-15H2,1-2H3. The molecule has 0 aromatic carbocycles. The number of nitrogens with zero attached hydrogens (tertiary/aromatic N) is 4. The Kier molecular flexibility index (Phi) is 5.54. The van der Waals surface area contributed by atoms with Crippen LogP contribution in [0.5, 0.6) is 0 Å². The Hall–Kier alpha value is -0.160. The van der Waals surface area contributed by atoms with Gasteiger partial charge in [0.2, 0.25) is 0 Å². The number of likely N-dealkylation sites (N-methyl/N-ethyl adjacent to an activating group) is 1. The fraction of sp³-hybridized carbons (Fsp3) is 1.00. The van der Waals surface area contributed by atoms with E-state index in [1.807, 2.05) is 0 Å². The molecule has 0 atom stereocenters. The van der Waals surface area contributed by atoms with Gasteiger partial charge in [0, 0.05) is 38.8 Å². The normalized spacial score (nSPS) is 30.0. The third-order valence-corrected chi connectivity index (χ3v) is 5.97. The second-order valence-electron chi connectivity index (χ2n) is 7.62. The SMILES string of the molecule is CN1CCC(CN2CCC(N3CCN(C)CC3)CC2)CC1. The van der Waals surface area contributed by atoms with Gasteiger partial charge in [-0.15, -0.1) is 0 Å². The van der Waals surface area contributed by atoms with E-state index in [0.29, 0.717) is 0 Å². The molecule has 3 rings (SSSR count). The molecule has 122 valence electrons. The molecule has 3 aliphatic heterocycles. The lowest BCUT2D eigenvalue weighted by molar-refractivity contribution is 0.0587. The summed E-state index contributed by atoms with van der Waals surface area (Å²) in [6.07, 6.45) is 5.62. The fourth-order valence-electron chi connectivity index (χ4n) is 4.26. The highest BCUT2D eigenvalue weighted by Gasteiger charge is 2.28. The predicted molar refractivity (Wildman–Crippen MR) is 88.8 cm³/mol. The van der Waals surface area contributed by atoms with E-state index >= 15 is 0 Å². The van der Waals surface area contributed by atoms with Crippen molar-refractivity contribution in [2.45, 2.75) is 31.7 Å². The van der Waals surface area contributed by atoms with Crippen molar-refractivity contribution in [2.24, 2.45) is 5.92 Å². The van der Waals surface area contributed by atoms with Crippen molar-refractivity contribution in [3.63, 3.8) is 0 Å². The Balaban J connectivity index is 1.37. The molecule has 0 bridgehead atoms. The van der Waals surface area contributed by atoms with E-state index in [9.17, 15) is 0 Å². The van der Waals surface area contributed by atoms with Crippen LogP contribution in [-0.4, -0.2) is 98.6 Å². The second-order valence-corrected chi connectivity index (χ2v) is 7.62. The van der Waals surface area contributed by atoms with Gasteiger partial charge in [0.15, 0.2) is 0 Å². The van der Waals surface area contributed by atoms with Crippen molar-refractivity contribution < 1.29 is 0 Å². The van der Waals surface area contributed by atoms with Crippen molar-refractivity contribution >= 4 is 0 Å². The molecule has 3 aliphatic rings. The Bertz CT molecular complexity index is 298. The number of rotatable bonds is 3. The highest BCUT2D eigenvalue weighted by atomic mass is 15.3. The van der Waals surface area contributed by atoms with Crippen LogP contribution < -0.4 is 0 Å². The fourth-order valence-corrected chi connectivity index (χ4v) is 4.26. The molecule has 4 nitrogen and oxygen atoms in total. The first-order valence-electron chi connectivity index (χ1n) is 9.04.